The lowest BCUT2D eigenvalue weighted by molar-refractivity contribution is 0.611. The van der Waals surface area contributed by atoms with Gasteiger partial charge in [0.2, 0.25) is 5.28 Å². The van der Waals surface area contributed by atoms with Gasteiger partial charge in [-0.05, 0) is 31.5 Å². The molecule has 5 heteroatoms. The van der Waals surface area contributed by atoms with Gasteiger partial charge in [0.1, 0.15) is 5.82 Å². The predicted molar refractivity (Wildman–Crippen MR) is 59.5 cm³/mol. The van der Waals surface area contributed by atoms with Crippen LogP contribution in [0.15, 0.2) is 12.1 Å². The van der Waals surface area contributed by atoms with E-state index in [0.717, 1.165) is 0 Å². The van der Waals surface area contributed by atoms with Crippen LogP contribution < -0.4 is 5.73 Å². The maximum atomic E-state index is 13.3. The van der Waals surface area contributed by atoms with Crippen LogP contribution in [0.5, 0.6) is 0 Å². The fraction of sp³-hybridized carbons (Fsp3) is 0.300. The molecule has 0 atom stereocenters. The Labute approximate surface area is 91.7 Å². The van der Waals surface area contributed by atoms with E-state index in [4.69, 9.17) is 17.3 Å². The Morgan fingerprint density at radius 1 is 1.47 bits per heavy atom. The van der Waals surface area contributed by atoms with Crippen molar-refractivity contribution in [3.8, 4) is 0 Å². The van der Waals surface area contributed by atoms with E-state index in [2.05, 4.69) is 4.98 Å². The average molecular weight is 228 g/mol. The highest BCUT2D eigenvalue weighted by Crippen LogP contribution is 2.27. The molecule has 80 valence electrons. The molecule has 0 aliphatic heterocycles. The predicted octanol–water partition coefficient (Wildman–Crippen LogP) is 2.99. The van der Waals surface area contributed by atoms with E-state index < -0.39 is 5.82 Å². The smallest absolute Gasteiger partial charge is 0.204 e. The number of nitrogens with zero attached hydrogens (tertiary/aromatic N) is 2. The molecule has 0 fully saturated rings. The van der Waals surface area contributed by atoms with Gasteiger partial charge in [-0.1, -0.05) is 0 Å². The largest absolute Gasteiger partial charge is 0.396 e. The van der Waals surface area contributed by atoms with E-state index in [0.29, 0.717) is 16.3 Å². The van der Waals surface area contributed by atoms with Gasteiger partial charge in [0.15, 0.2) is 0 Å². The van der Waals surface area contributed by atoms with Crippen molar-refractivity contribution in [2.45, 2.75) is 19.9 Å². The monoisotopic (exact) mass is 227 g/mol. The minimum absolute atomic E-state index is 0.0903. The lowest BCUT2D eigenvalue weighted by Gasteiger charge is -2.09. The molecule has 0 saturated carbocycles. The molecule has 2 rings (SSSR count). The number of nitrogens with two attached hydrogens (primary N) is 1. The summed E-state index contributed by atoms with van der Waals surface area (Å²) in [6, 6.07) is 2.99. The summed E-state index contributed by atoms with van der Waals surface area (Å²) in [7, 11) is 0. The minimum Gasteiger partial charge on any atom is -0.396 e. The minimum atomic E-state index is -0.444. The highest BCUT2D eigenvalue weighted by molar-refractivity contribution is 6.29. The van der Waals surface area contributed by atoms with E-state index in [1.807, 2.05) is 13.8 Å². The average Bonchev–Trinajstić information content (AvgIpc) is 2.41. The van der Waals surface area contributed by atoms with E-state index in [-0.39, 0.29) is 11.7 Å². The van der Waals surface area contributed by atoms with Gasteiger partial charge in [0.25, 0.3) is 0 Å². The van der Waals surface area contributed by atoms with Crippen molar-refractivity contribution in [2.75, 3.05) is 5.73 Å². The Kier molecular flexibility index (Phi) is 2.31. The quantitative estimate of drug-likeness (QED) is 0.762. The molecule has 15 heavy (non-hydrogen) atoms. The fourth-order valence-electron chi connectivity index (χ4n) is 1.59. The van der Waals surface area contributed by atoms with Gasteiger partial charge in [0.05, 0.1) is 16.7 Å². The van der Waals surface area contributed by atoms with Gasteiger partial charge >= 0.3 is 0 Å². The Morgan fingerprint density at radius 2 is 2.13 bits per heavy atom. The Bertz CT molecular complexity index is 519. The molecule has 1 heterocycles. The van der Waals surface area contributed by atoms with Crippen molar-refractivity contribution < 1.29 is 4.39 Å². The van der Waals surface area contributed by atoms with E-state index >= 15 is 0 Å². The highest BCUT2D eigenvalue weighted by Gasteiger charge is 2.13. The number of nitrogen functional groups attached to an aromatic ring is 1. The fourth-order valence-corrected chi connectivity index (χ4v) is 1.97. The van der Waals surface area contributed by atoms with Crippen LogP contribution >= 0.6 is 11.6 Å². The molecule has 3 nitrogen and oxygen atoms in total. The molecule has 0 bridgehead atoms. The normalized spacial score (nSPS) is 11.5. The second kappa shape index (κ2) is 3.38. The highest BCUT2D eigenvalue weighted by atomic mass is 35.5. The van der Waals surface area contributed by atoms with E-state index in [1.165, 1.54) is 12.1 Å². The van der Waals surface area contributed by atoms with Crippen molar-refractivity contribution >= 4 is 28.3 Å². The molecular formula is C10H11ClFN3. The summed E-state index contributed by atoms with van der Waals surface area (Å²) in [6.07, 6.45) is 0. The lowest BCUT2D eigenvalue weighted by Crippen LogP contribution is -2.00. The first kappa shape index (κ1) is 10.2. The molecule has 1 aromatic heterocycles. The maximum Gasteiger partial charge on any atom is 0.204 e. The number of aromatic nitrogens is 2. The maximum absolute atomic E-state index is 13.3. The summed E-state index contributed by atoms with van der Waals surface area (Å²) in [5.74, 6) is -0.444. The molecule has 2 N–H and O–H groups in total. The first-order valence-electron chi connectivity index (χ1n) is 4.63. The van der Waals surface area contributed by atoms with Crippen LogP contribution in [-0.2, 0) is 0 Å². The van der Waals surface area contributed by atoms with Crippen LogP contribution in [0.4, 0.5) is 10.1 Å². The number of rotatable bonds is 1. The number of fused-ring (bicyclic) bond motifs is 1. The van der Waals surface area contributed by atoms with Crippen molar-refractivity contribution in [1.29, 1.82) is 0 Å². The van der Waals surface area contributed by atoms with Crippen LogP contribution in [-0.4, -0.2) is 9.55 Å². The number of anilines is 1. The first-order chi connectivity index (χ1) is 7.00. The third kappa shape index (κ3) is 1.55. The number of hydrogen-bond donors (Lipinski definition) is 1. The molecule has 0 aliphatic rings. The second-order valence-electron chi connectivity index (χ2n) is 3.71. The summed E-state index contributed by atoms with van der Waals surface area (Å²) in [5.41, 5.74) is 6.83. The van der Waals surface area contributed by atoms with Crippen molar-refractivity contribution in [3.63, 3.8) is 0 Å². The zero-order valence-electron chi connectivity index (χ0n) is 8.46. The molecule has 0 aliphatic carbocycles. The van der Waals surface area contributed by atoms with Crippen LogP contribution in [0.1, 0.15) is 19.9 Å². The summed E-state index contributed by atoms with van der Waals surface area (Å²) < 4.78 is 15.1. The molecule has 0 saturated heterocycles. The number of halogens is 2. The van der Waals surface area contributed by atoms with Gasteiger partial charge in [-0.25, -0.2) is 9.37 Å². The third-order valence-electron chi connectivity index (χ3n) is 2.28. The number of benzene rings is 1. The molecule has 2 aromatic rings. The summed E-state index contributed by atoms with van der Waals surface area (Å²) in [6.45, 7) is 3.92. The Hall–Kier alpha value is -1.29. The number of imidazole rings is 1. The van der Waals surface area contributed by atoms with Gasteiger partial charge in [-0.2, -0.15) is 0 Å². The zero-order valence-corrected chi connectivity index (χ0v) is 9.22. The van der Waals surface area contributed by atoms with Gasteiger partial charge in [0, 0.05) is 12.1 Å². The lowest BCUT2D eigenvalue weighted by atomic mass is 10.2. The molecule has 0 radical (unpaired) electrons. The molecule has 0 amide bonds. The Morgan fingerprint density at radius 3 is 2.73 bits per heavy atom. The summed E-state index contributed by atoms with van der Waals surface area (Å²) >= 11 is 5.96. The molecule has 1 aromatic carbocycles. The van der Waals surface area contributed by atoms with Crippen LogP contribution in [0.25, 0.3) is 11.0 Å². The molecule has 0 unspecified atom stereocenters. The Balaban J connectivity index is 2.81. The van der Waals surface area contributed by atoms with E-state index in [9.17, 15) is 4.39 Å². The summed E-state index contributed by atoms with van der Waals surface area (Å²) in [5, 5.41) is 0.352. The number of hydrogen-bond acceptors (Lipinski definition) is 2. The van der Waals surface area contributed by atoms with Gasteiger partial charge < -0.3 is 10.3 Å². The summed E-state index contributed by atoms with van der Waals surface area (Å²) in [4.78, 5) is 4.12. The van der Waals surface area contributed by atoms with Crippen molar-refractivity contribution in [2.24, 2.45) is 0 Å². The topological polar surface area (TPSA) is 43.8 Å². The molecular weight excluding hydrogens is 217 g/mol. The SMILES string of the molecule is CC(C)n1c(Cl)nc2cc(N)c(F)cc21. The first-order valence-corrected chi connectivity index (χ1v) is 5.01. The van der Waals surface area contributed by atoms with Crippen LogP contribution in [0, 0.1) is 5.82 Å². The van der Waals surface area contributed by atoms with E-state index in [1.54, 1.807) is 4.57 Å². The van der Waals surface area contributed by atoms with Gasteiger partial charge in [-0.15, -0.1) is 0 Å². The standard InChI is InChI=1S/C10H11ClFN3/c1-5(2)15-9-3-6(12)7(13)4-8(9)14-10(15)11/h3-5H,13H2,1-2H3. The van der Waals surface area contributed by atoms with Crippen LogP contribution in [0.2, 0.25) is 5.28 Å². The second-order valence-corrected chi connectivity index (χ2v) is 4.05. The van der Waals surface area contributed by atoms with Crippen LogP contribution in [0.3, 0.4) is 0 Å². The molecule has 0 spiro atoms. The van der Waals surface area contributed by atoms with Gasteiger partial charge in [-0.3, -0.25) is 0 Å². The third-order valence-corrected chi connectivity index (χ3v) is 2.55. The zero-order chi connectivity index (χ0) is 11.2. The van der Waals surface area contributed by atoms with Crippen molar-refractivity contribution in [1.82, 2.24) is 9.55 Å². The van der Waals surface area contributed by atoms with Crippen molar-refractivity contribution in [3.05, 3.63) is 23.2 Å².